The maximum Gasteiger partial charge on any atom is 0.255 e. The van der Waals surface area contributed by atoms with Crippen molar-refractivity contribution in [2.24, 2.45) is 0 Å². The van der Waals surface area contributed by atoms with Crippen LogP contribution in [-0.4, -0.2) is 11.8 Å². The number of nitrogens with one attached hydrogen (secondary N) is 2. The number of halogens is 2. The van der Waals surface area contributed by atoms with Gasteiger partial charge in [-0.1, -0.05) is 33.6 Å². The molecule has 0 fully saturated rings. The van der Waals surface area contributed by atoms with E-state index in [1.54, 1.807) is 36.4 Å². The molecule has 0 aromatic heterocycles. The molecule has 21 heavy (non-hydrogen) atoms. The third-order valence-electron chi connectivity index (χ3n) is 3.17. The number of rotatable bonds is 2. The zero-order valence-electron chi connectivity index (χ0n) is 10.7. The highest BCUT2D eigenvalue weighted by Gasteiger charge is 2.19. The van der Waals surface area contributed by atoms with Crippen molar-refractivity contribution in [1.82, 2.24) is 0 Å². The molecule has 0 saturated carbocycles. The van der Waals surface area contributed by atoms with Crippen LogP contribution in [-0.2, 0) is 11.2 Å². The van der Waals surface area contributed by atoms with Gasteiger partial charge in [0, 0.05) is 15.7 Å². The first-order chi connectivity index (χ1) is 10.0. The number of hydrogen-bond donors (Lipinski definition) is 2. The fourth-order valence-corrected chi connectivity index (χ4v) is 2.67. The van der Waals surface area contributed by atoms with Crippen LogP contribution in [0, 0.1) is 0 Å². The van der Waals surface area contributed by atoms with E-state index in [-0.39, 0.29) is 11.8 Å². The van der Waals surface area contributed by atoms with Gasteiger partial charge in [0.15, 0.2) is 0 Å². The van der Waals surface area contributed by atoms with E-state index in [0.29, 0.717) is 28.4 Å². The molecule has 0 spiro atoms. The average Bonchev–Trinajstić information content (AvgIpc) is 2.81. The summed E-state index contributed by atoms with van der Waals surface area (Å²) in [6.07, 6.45) is 0.356. The van der Waals surface area contributed by atoms with Gasteiger partial charge in [0.2, 0.25) is 5.91 Å². The molecule has 1 aliphatic heterocycles. The fraction of sp³-hybridized carbons (Fsp3) is 0.0667. The van der Waals surface area contributed by atoms with Crippen LogP contribution in [0.2, 0.25) is 5.02 Å². The number of anilines is 2. The summed E-state index contributed by atoms with van der Waals surface area (Å²) in [7, 11) is 0. The van der Waals surface area contributed by atoms with Crippen LogP contribution in [0.25, 0.3) is 0 Å². The Morgan fingerprint density at radius 1 is 1.24 bits per heavy atom. The Balaban J connectivity index is 1.85. The molecule has 0 saturated heterocycles. The summed E-state index contributed by atoms with van der Waals surface area (Å²) >= 11 is 9.38. The van der Waals surface area contributed by atoms with Crippen molar-refractivity contribution in [1.29, 1.82) is 0 Å². The molecular weight excluding hydrogens is 356 g/mol. The van der Waals surface area contributed by atoms with Crippen molar-refractivity contribution in [2.75, 3.05) is 10.6 Å². The molecule has 1 aliphatic rings. The Morgan fingerprint density at radius 2 is 2.05 bits per heavy atom. The van der Waals surface area contributed by atoms with Crippen molar-refractivity contribution in [3.8, 4) is 0 Å². The number of benzene rings is 2. The Morgan fingerprint density at radius 3 is 2.86 bits per heavy atom. The molecule has 2 aromatic carbocycles. The van der Waals surface area contributed by atoms with E-state index in [1.165, 1.54) is 0 Å². The minimum Gasteiger partial charge on any atom is -0.326 e. The lowest BCUT2D eigenvalue weighted by atomic mass is 10.1. The highest BCUT2D eigenvalue weighted by Crippen LogP contribution is 2.27. The van der Waals surface area contributed by atoms with Crippen LogP contribution < -0.4 is 10.6 Å². The summed E-state index contributed by atoms with van der Waals surface area (Å²) in [5.74, 6) is -0.337. The first kappa shape index (κ1) is 14.1. The average molecular weight is 366 g/mol. The lowest BCUT2D eigenvalue weighted by molar-refractivity contribution is -0.115. The molecule has 2 N–H and O–H groups in total. The van der Waals surface area contributed by atoms with E-state index in [9.17, 15) is 9.59 Å². The number of amides is 2. The molecule has 2 amide bonds. The zero-order valence-corrected chi connectivity index (χ0v) is 13.1. The van der Waals surface area contributed by atoms with Gasteiger partial charge in [0.05, 0.1) is 17.1 Å². The molecule has 6 heteroatoms. The van der Waals surface area contributed by atoms with Gasteiger partial charge in [0.25, 0.3) is 5.91 Å². The number of carbonyl (C=O) groups excluding carboxylic acids is 2. The molecule has 0 bridgehead atoms. The molecule has 3 rings (SSSR count). The smallest absolute Gasteiger partial charge is 0.255 e. The molecule has 1 heterocycles. The molecular formula is C15H10BrClN2O2. The highest BCUT2D eigenvalue weighted by atomic mass is 79.9. The third kappa shape index (κ3) is 2.94. The first-order valence-electron chi connectivity index (χ1n) is 6.22. The Labute approximate surface area is 134 Å². The second-order valence-electron chi connectivity index (χ2n) is 4.68. The van der Waals surface area contributed by atoms with Crippen LogP contribution in [0.4, 0.5) is 11.4 Å². The van der Waals surface area contributed by atoms with E-state index in [4.69, 9.17) is 11.6 Å². The Kier molecular flexibility index (Phi) is 3.69. The predicted octanol–water partition coefficient (Wildman–Crippen LogP) is 3.85. The van der Waals surface area contributed by atoms with Crippen LogP contribution in [0.5, 0.6) is 0 Å². The molecule has 106 valence electrons. The molecule has 0 atom stereocenters. The van der Waals surface area contributed by atoms with Gasteiger partial charge >= 0.3 is 0 Å². The lowest BCUT2D eigenvalue weighted by Gasteiger charge is -2.09. The molecule has 0 aliphatic carbocycles. The van der Waals surface area contributed by atoms with Gasteiger partial charge in [-0.2, -0.15) is 0 Å². The summed E-state index contributed by atoms with van der Waals surface area (Å²) in [4.78, 5) is 23.6. The van der Waals surface area contributed by atoms with E-state index >= 15 is 0 Å². The highest BCUT2D eigenvalue weighted by molar-refractivity contribution is 9.10. The summed E-state index contributed by atoms with van der Waals surface area (Å²) in [5.41, 5.74) is 2.58. The third-order valence-corrected chi connectivity index (χ3v) is 4.00. The predicted molar refractivity (Wildman–Crippen MR) is 85.9 cm³/mol. The number of fused-ring (bicyclic) bond motifs is 1. The van der Waals surface area contributed by atoms with Crippen molar-refractivity contribution >= 4 is 50.7 Å². The number of carbonyl (C=O) groups is 2. The molecule has 0 unspecified atom stereocenters. The van der Waals surface area contributed by atoms with Crippen molar-refractivity contribution in [3.63, 3.8) is 0 Å². The molecule has 2 aromatic rings. The molecule has 0 radical (unpaired) electrons. The normalized spacial score (nSPS) is 12.8. The first-order valence-corrected chi connectivity index (χ1v) is 7.39. The van der Waals surface area contributed by atoms with Gasteiger partial charge < -0.3 is 10.6 Å². The minimum absolute atomic E-state index is 0.0578. The van der Waals surface area contributed by atoms with Crippen molar-refractivity contribution < 1.29 is 9.59 Å². The van der Waals surface area contributed by atoms with Gasteiger partial charge in [-0.15, -0.1) is 0 Å². The van der Waals surface area contributed by atoms with Gasteiger partial charge in [-0.05, 0) is 35.9 Å². The van der Waals surface area contributed by atoms with Crippen LogP contribution in [0.1, 0.15) is 15.9 Å². The second kappa shape index (κ2) is 5.50. The minimum atomic E-state index is -0.279. The summed E-state index contributed by atoms with van der Waals surface area (Å²) in [6.45, 7) is 0. The SMILES string of the molecule is O=C1Cc2ccc(C(=O)Nc3cc(Br)ccc3Cl)cc2N1. The summed E-state index contributed by atoms with van der Waals surface area (Å²) in [6, 6.07) is 10.4. The summed E-state index contributed by atoms with van der Waals surface area (Å²) in [5, 5.41) is 5.94. The van der Waals surface area contributed by atoms with Crippen molar-refractivity contribution in [2.45, 2.75) is 6.42 Å². The van der Waals surface area contributed by atoms with Gasteiger partial charge in [-0.25, -0.2) is 0 Å². The van der Waals surface area contributed by atoms with Crippen LogP contribution >= 0.6 is 27.5 Å². The maximum atomic E-state index is 12.3. The quantitative estimate of drug-likeness (QED) is 0.849. The van der Waals surface area contributed by atoms with E-state index in [0.717, 1.165) is 10.0 Å². The fourth-order valence-electron chi connectivity index (χ4n) is 2.14. The zero-order chi connectivity index (χ0) is 15.0. The Hall–Kier alpha value is -1.85. The molecule has 4 nitrogen and oxygen atoms in total. The monoisotopic (exact) mass is 364 g/mol. The van der Waals surface area contributed by atoms with E-state index in [1.807, 2.05) is 0 Å². The topological polar surface area (TPSA) is 58.2 Å². The lowest BCUT2D eigenvalue weighted by Crippen LogP contribution is -2.12. The Bertz CT molecular complexity index is 761. The largest absolute Gasteiger partial charge is 0.326 e. The standard InChI is InChI=1S/C15H10BrClN2O2/c16-10-3-4-11(17)13(7-10)19-15(21)9-2-1-8-6-14(20)18-12(8)5-9/h1-5,7H,6H2,(H,18,20)(H,19,21). The van der Waals surface area contributed by atoms with Gasteiger partial charge in [0.1, 0.15) is 0 Å². The maximum absolute atomic E-state index is 12.3. The van der Waals surface area contributed by atoms with Gasteiger partial charge in [-0.3, -0.25) is 9.59 Å². The van der Waals surface area contributed by atoms with E-state index in [2.05, 4.69) is 26.6 Å². The van der Waals surface area contributed by atoms with E-state index < -0.39 is 0 Å². The van der Waals surface area contributed by atoms with Crippen molar-refractivity contribution in [3.05, 3.63) is 57.0 Å². The van der Waals surface area contributed by atoms with Crippen LogP contribution in [0.15, 0.2) is 40.9 Å². The number of hydrogen-bond acceptors (Lipinski definition) is 2. The van der Waals surface area contributed by atoms with Crippen LogP contribution in [0.3, 0.4) is 0 Å². The summed E-state index contributed by atoms with van der Waals surface area (Å²) < 4.78 is 0.823. The second-order valence-corrected chi connectivity index (χ2v) is 6.00.